The summed E-state index contributed by atoms with van der Waals surface area (Å²) in [6, 6.07) is 8.30. The fraction of sp³-hybridized carbons (Fsp3) is 0.538. The van der Waals surface area contributed by atoms with Crippen molar-refractivity contribution in [2.75, 3.05) is 31.6 Å². The van der Waals surface area contributed by atoms with Gasteiger partial charge in [-0.1, -0.05) is 12.1 Å². The third-order valence-electron chi connectivity index (χ3n) is 3.75. The molecule has 0 unspecified atom stereocenters. The molecule has 1 aliphatic rings. The predicted molar refractivity (Wildman–Crippen MR) is 74.5 cm³/mol. The Kier molecular flexibility index (Phi) is 4.07. The van der Waals surface area contributed by atoms with E-state index in [1.165, 1.54) is 5.69 Å². The molecule has 0 radical (unpaired) electrons. The van der Waals surface area contributed by atoms with Crippen molar-refractivity contribution in [3.05, 3.63) is 28.7 Å². The van der Waals surface area contributed by atoms with Gasteiger partial charge < -0.3 is 15.3 Å². The van der Waals surface area contributed by atoms with E-state index >= 15 is 0 Å². The molecule has 0 saturated carbocycles. The van der Waals surface area contributed by atoms with Crippen molar-refractivity contribution >= 4 is 21.6 Å². The molecule has 1 fully saturated rings. The maximum atomic E-state index is 9.46. The molecule has 0 aliphatic carbocycles. The molecule has 0 aromatic heterocycles. The van der Waals surface area contributed by atoms with Crippen molar-refractivity contribution in [3.63, 3.8) is 0 Å². The summed E-state index contributed by atoms with van der Waals surface area (Å²) in [5.74, 6) is 0. The van der Waals surface area contributed by atoms with Crippen molar-refractivity contribution in [1.82, 2.24) is 5.32 Å². The molecular formula is C13H19BrN2O. The Labute approximate surface area is 111 Å². The average Bonchev–Trinajstić information content (AvgIpc) is 2.40. The molecule has 0 bridgehead atoms. The number of nitrogens with zero attached hydrogens (tertiary/aromatic N) is 1. The van der Waals surface area contributed by atoms with Crippen LogP contribution < -0.4 is 10.2 Å². The van der Waals surface area contributed by atoms with Gasteiger partial charge in [-0.25, -0.2) is 0 Å². The number of aliphatic hydroxyl groups is 1. The summed E-state index contributed by atoms with van der Waals surface area (Å²) in [6.45, 7) is 2.17. The first-order chi connectivity index (χ1) is 8.21. The molecule has 2 rings (SSSR count). The van der Waals surface area contributed by atoms with Crippen LogP contribution in [-0.2, 0) is 0 Å². The van der Waals surface area contributed by atoms with Crippen LogP contribution in [0.2, 0.25) is 0 Å². The lowest BCUT2D eigenvalue weighted by molar-refractivity contribution is 0.142. The maximum Gasteiger partial charge on any atom is 0.0614 e. The quantitative estimate of drug-likeness (QED) is 0.896. The summed E-state index contributed by atoms with van der Waals surface area (Å²) in [5.41, 5.74) is 1.16. The predicted octanol–water partition coefficient (Wildman–Crippen LogP) is 2.00. The molecule has 94 valence electrons. The highest BCUT2D eigenvalue weighted by molar-refractivity contribution is 9.10. The van der Waals surface area contributed by atoms with Gasteiger partial charge in [0, 0.05) is 23.1 Å². The lowest BCUT2D eigenvalue weighted by atomic mass is 9.88. The van der Waals surface area contributed by atoms with Gasteiger partial charge in [0.05, 0.1) is 12.3 Å². The number of rotatable bonds is 3. The number of para-hydroxylation sites is 1. The van der Waals surface area contributed by atoms with Crippen LogP contribution in [0.5, 0.6) is 0 Å². The molecule has 0 atom stereocenters. The van der Waals surface area contributed by atoms with Gasteiger partial charge in [-0.3, -0.25) is 0 Å². The Balaban J connectivity index is 2.07. The Bertz CT molecular complexity index is 369. The number of halogens is 1. The van der Waals surface area contributed by atoms with Crippen molar-refractivity contribution in [1.29, 1.82) is 0 Å². The minimum atomic E-state index is -0.0856. The molecule has 1 aromatic carbocycles. The highest BCUT2D eigenvalue weighted by atomic mass is 79.9. The number of piperidine rings is 1. The zero-order valence-electron chi connectivity index (χ0n) is 10.1. The topological polar surface area (TPSA) is 35.5 Å². The zero-order valence-corrected chi connectivity index (χ0v) is 11.7. The molecule has 1 aliphatic heterocycles. The van der Waals surface area contributed by atoms with E-state index in [9.17, 15) is 5.11 Å². The highest BCUT2D eigenvalue weighted by Gasteiger charge is 2.32. The van der Waals surface area contributed by atoms with E-state index in [0.717, 1.165) is 30.4 Å². The van der Waals surface area contributed by atoms with Crippen LogP contribution in [0, 0.1) is 0 Å². The minimum absolute atomic E-state index is 0.0856. The molecule has 0 spiro atoms. The number of hydrogen-bond acceptors (Lipinski definition) is 3. The monoisotopic (exact) mass is 298 g/mol. The second-order valence-electron chi connectivity index (χ2n) is 4.63. The average molecular weight is 299 g/mol. The van der Waals surface area contributed by atoms with Crippen LogP contribution in [0.3, 0.4) is 0 Å². The molecule has 1 heterocycles. The lowest BCUT2D eigenvalue weighted by Gasteiger charge is -2.41. The van der Waals surface area contributed by atoms with E-state index in [1.807, 2.05) is 13.1 Å². The molecule has 1 saturated heterocycles. The number of aliphatic hydroxyl groups excluding tert-OH is 1. The van der Waals surface area contributed by atoms with Crippen LogP contribution in [0.25, 0.3) is 0 Å². The van der Waals surface area contributed by atoms with Gasteiger partial charge in [0.1, 0.15) is 0 Å². The number of likely N-dealkylation sites (N-methyl/N-ethyl adjacent to an activating group) is 1. The van der Waals surface area contributed by atoms with Gasteiger partial charge in [0.2, 0.25) is 0 Å². The molecule has 2 N–H and O–H groups in total. The van der Waals surface area contributed by atoms with E-state index in [2.05, 4.69) is 44.3 Å². The summed E-state index contributed by atoms with van der Waals surface area (Å²) in [6.07, 6.45) is 1.95. The normalized spacial score (nSPS) is 19.4. The lowest BCUT2D eigenvalue weighted by Crippen LogP contribution is -2.54. The van der Waals surface area contributed by atoms with Gasteiger partial charge in [0.25, 0.3) is 0 Å². The van der Waals surface area contributed by atoms with Gasteiger partial charge >= 0.3 is 0 Å². The Morgan fingerprint density at radius 1 is 1.35 bits per heavy atom. The van der Waals surface area contributed by atoms with E-state index in [1.54, 1.807) is 0 Å². The zero-order chi connectivity index (χ0) is 12.3. The second kappa shape index (κ2) is 5.38. The van der Waals surface area contributed by atoms with Crippen LogP contribution in [0.1, 0.15) is 12.8 Å². The van der Waals surface area contributed by atoms with Crippen molar-refractivity contribution < 1.29 is 5.11 Å². The summed E-state index contributed by atoms with van der Waals surface area (Å²) < 4.78 is 1.14. The molecular weight excluding hydrogens is 280 g/mol. The van der Waals surface area contributed by atoms with Crippen molar-refractivity contribution in [2.24, 2.45) is 0 Å². The third kappa shape index (κ3) is 2.64. The molecule has 0 amide bonds. The number of anilines is 1. The van der Waals surface area contributed by atoms with Gasteiger partial charge in [-0.05, 0) is 48.0 Å². The number of benzene rings is 1. The smallest absolute Gasteiger partial charge is 0.0614 e. The summed E-state index contributed by atoms with van der Waals surface area (Å²) in [5, 5.41) is 12.7. The fourth-order valence-electron chi connectivity index (χ4n) is 2.37. The van der Waals surface area contributed by atoms with Crippen LogP contribution >= 0.6 is 15.9 Å². The maximum absolute atomic E-state index is 9.46. The first-order valence-corrected chi connectivity index (χ1v) is 6.79. The van der Waals surface area contributed by atoms with E-state index < -0.39 is 0 Å². The van der Waals surface area contributed by atoms with E-state index in [-0.39, 0.29) is 12.1 Å². The molecule has 1 aromatic rings. The van der Waals surface area contributed by atoms with Gasteiger partial charge in [-0.2, -0.15) is 0 Å². The summed E-state index contributed by atoms with van der Waals surface area (Å²) in [4.78, 5) is 2.37. The first-order valence-electron chi connectivity index (χ1n) is 6.00. The van der Waals surface area contributed by atoms with Crippen molar-refractivity contribution in [2.45, 2.75) is 18.4 Å². The fourth-order valence-corrected chi connectivity index (χ4v) is 2.91. The first kappa shape index (κ1) is 12.9. The molecule has 17 heavy (non-hydrogen) atoms. The van der Waals surface area contributed by atoms with E-state index in [0.29, 0.717) is 0 Å². The van der Waals surface area contributed by atoms with Crippen LogP contribution in [-0.4, -0.2) is 37.4 Å². The summed E-state index contributed by atoms with van der Waals surface area (Å²) in [7, 11) is 1.93. The highest BCUT2D eigenvalue weighted by Crippen LogP contribution is 2.30. The second-order valence-corrected chi connectivity index (χ2v) is 5.48. The number of hydrogen-bond donors (Lipinski definition) is 2. The van der Waals surface area contributed by atoms with Crippen LogP contribution in [0.15, 0.2) is 28.7 Å². The largest absolute Gasteiger partial charge is 0.394 e. The van der Waals surface area contributed by atoms with Crippen molar-refractivity contribution in [3.8, 4) is 0 Å². The molecule has 4 heteroatoms. The molecule has 3 nitrogen and oxygen atoms in total. The Morgan fingerprint density at radius 3 is 2.53 bits per heavy atom. The van der Waals surface area contributed by atoms with Crippen LogP contribution in [0.4, 0.5) is 5.69 Å². The van der Waals surface area contributed by atoms with Gasteiger partial charge in [-0.15, -0.1) is 0 Å². The van der Waals surface area contributed by atoms with E-state index in [4.69, 9.17) is 0 Å². The Morgan fingerprint density at radius 2 is 2.00 bits per heavy atom. The Hall–Kier alpha value is -0.580. The number of nitrogens with one attached hydrogen (secondary N) is 1. The minimum Gasteiger partial charge on any atom is -0.394 e. The van der Waals surface area contributed by atoms with Gasteiger partial charge in [0.15, 0.2) is 0 Å². The third-order valence-corrected chi connectivity index (χ3v) is 4.42. The summed E-state index contributed by atoms with van der Waals surface area (Å²) >= 11 is 3.59. The SMILES string of the molecule is CNC1(CO)CCN(c2ccccc2Br)CC1. The standard InChI is InChI=1S/C13H19BrN2O/c1-15-13(10-17)6-8-16(9-7-13)12-5-3-2-4-11(12)14/h2-5,15,17H,6-10H2,1H3.